The molecule has 216 valence electrons. The fourth-order valence-corrected chi connectivity index (χ4v) is 5.86. The number of nitrogens with one attached hydrogen (secondary N) is 1. The minimum Gasteiger partial charge on any atom is -0.379 e. The van der Waals surface area contributed by atoms with Crippen LogP contribution in [0.4, 0.5) is 9.52 Å². The molecule has 0 radical (unpaired) electrons. The Morgan fingerprint density at radius 1 is 1.00 bits per heavy atom. The molecule has 1 fully saturated rings. The third-order valence-corrected chi connectivity index (χ3v) is 8.68. The average molecular weight is 585 g/mol. The monoisotopic (exact) mass is 584 g/mol. The number of carbonyl (C=O) groups is 1. The first kappa shape index (κ1) is 28.1. The Morgan fingerprint density at radius 3 is 2.57 bits per heavy atom. The van der Waals surface area contributed by atoms with Gasteiger partial charge in [-0.15, -0.1) is 11.3 Å². The second kappa shape index (κ2) is 11.7. The van der Waals surface area contributed by atoms with Crippen molar-refractivity contribution in [3.05, 3.63) is 89.2 Å². The molecule has 5 aromatic rings. The fourth-order valence-electron chi connectivity index (χ4n) is 4.97. The highest BCUT2D eigenvalue weighted by molar-refractivity contribution is 7.15. The van der Waals surface area contributed by atoms with E-state index >= 15 is 4.39 Å². The van der Waals surface area contributed by atoms with Crippen LogP contribution in [0, 0.1) is 5.82 Å². The molecule has 0 saturated carbocycles. The summed E-state index contributed by atoms with van der Waals surface area (Å²) >= 11 is 1.44. The normalized spacial score (nSPS) is 14.4. The maximum absolute atomic E-state index is 15.2. The van der Waals surface area contributed by atoms with Gasteiger partial charge in [-0.05, 0) is 52.4 Å². The van der Waals surface area contributed by atoms with Gasteiger partial charge < -0.3 is 10.1 Å². The molecule has 0 unspecified atom stereocenters. The number of hydrogen-bond donors (Lipinski definition) is 1. The van der Waals surface area contributed by atoms with Crippen molar-refractivity contribution in [1.29, 1.82) is 0 Å². The van der Waals surface area contributed by atoms with Gasteiger partial charge in [0.2, 0.25) is 5.91 Å². The van der Waals surface area contributed by atoms with Gasteiger partial charge in [0.25, 0.3) is 0 Å². The number of amides is 1. The van der Waals surface area contributed by atoms with Crippen LogP contribution < -0.4 is 5.32 Å². The topological polar surface area (TPSA) is 84.7 Å². The predicted molar refractivity (Wildman–Crippen MR) is 163 cm³/mol. The van der Waals surface area contributed by atoms with Crippen LogP contribution in [0.5, 0.6) is 0 Å². The lowest BCUT2D eigenvalue weighted by Crippen LogP contribution is -2.35. The third kappa shape index (κ3) is 6.25. The maximum atomic E-state index is 15.2. The lowest BCUT2D eigenvalue weighted by atomic mass is 9.96. The first-order chi connectivity index (χ1) is 20.2. The van der Waals surface area contributed by atoms with E-state index < -0.39 is 5.82 Å². The molecule has 6 rings (SSSR count). The molecule has 1 amide bonds. The molecular weight excluding hydrogens is 551 g/mol. The van der Waals surface area contributed by atoms with Crippen molar-refractivity contribution in [2.45, 2.75) is 39.2 Å². The molecule has 1 aliphatic heterocycles. The Kier molecular flexibility index (Phi) is 7.85. The summed E-state index contributed by atoms with van der Waals surface area (Å²) in [5.74, 6) is -0.740. The number of imidazole rings is 1. The highest BCUT2D eigenvalue weighted by atomic mass is 32.1. The van der Waals surface area contributed by atoms with Crippen LogP contribution in [-0.4, -0.2) is 56.5 Å². The number of benzene rings is 1. The summed E-state index contributed by atoms with van der Waals surface area (Å²) in [4.78, 5) is 29.5. The molecule has 1 aromatic carbocycles. The van der Waals surface area contributed by atoms with Crippen LogP contribution in [0.2, 0.25) is 0 Å². The van der Waals surface area contributed by atoms with Crippen LogP contribution in [-0.2, 0) is 27.9 Å². The van der Waals surface area contributed by atoms with Gasteiger partial charge in [-0.1, -0.05) is 32.9 Å². The van der Waals surface area contributed by atoms with Gasteiger partial charge in [-0.2, -0.15) is 0 Å². The number of ether oxygens (including phenoxy) is 1. The first-order valence-electron chi connectivity index (χ1n) is 14.0. The fraction of sp³-hybridized carbons (Fsp3) is 0.312. The number of carbonyl (C=O) groups excluding carboxylic acids is 1. The number of aromatic nitrogens is 4. The zero-order chi connectivity index (χ0) is 29.3. The van der Waals surface area contributed by atoms with Crippen LogP contribution >= 0.6 is 11.3 Å². The van der Waals surface area contributed by atoms with E-state index in [4.69, 9.17) is 4.74 Å². The van der Waals surface area contributed by atoms with Crippen molar-refractivity contribution in [2.75, 3.05) is 31.6 Å². The lowest BCUT2D eigenvalue weighted by molar-refractivity contribution is -0.115. The molecule has 5 heterocycles. The minimum atomic E-state index is -0.437. The standard InChI is InChI=1S/C32H33FN6O2S/c1-32(2,3)28-19-36-31(42-28)37-30(40)17-23-4-5-24(15-26(23)33)27-18-35-29-16-22(7-9-39(27)29)21-6-8-34-25(14-21)20-38-10-12-41-13-11-38/h4-9,14-16,18-19H,10-13,17,20H2,1-3H3,(H,36,37,40). The molecule has 10 heteroatoms. The number of pyridine rings is 2. The number of thiazole rings is 1. The van der Waals surface area contributed by atoms with Crippen LogP contribution in [0.25, 0.3) is 28.0 Å². The SMILES string of the molecule is CC(C)(C)c1cnc(NC(=O)Cc2ccc(-c3cnc4cc(-c5ccnc(CN6CCOCC6)c5)ccn34)cc2F)s1. The molecule has 4 aromatic heterocycles. The van der Waals surface area contributed by atoms with Gasteiger partial charge >= 0.3 is 0 Å². The number of hydrogen-bond acceptors (Lipinski definition) is 7. The van der Waals surface area contributed by atoms with Crippen LogP contribution in [0.1, 0.15) is 36.9 Å². The Balaban J connectivity index is 1.16. The number of nitrogens with zero attached hydrogens (tertiary/aromatic N) is 5. The zero-order valence-corrected chi connectivity index (χ0v) is 24.7. The van der Waals surface area contributed by atoms with Crippen LogP contribution in [0.3, 0.4) is 0 Å². The van der Waals surface area contributed by atoms with Gasteiger partial charge in [-0.3, -0.25) is 19.1 Å². The molecule has 8 nitrogen and oxygen atoms in total. The highest BCUT2D eigenvalue weighted by Gasteiger charge is 2.19. The smallest absolute Gasteiger partial charge is 0.230 e. The van der Waals surface area contributed by atoms with Gasteiger partial charge in [0.1, 0.15) is 11.5 Å². The van der Waals surface area contributed by atoms with Crippen molar-refractivity contribution in [2.24, 2.45) is 0 Å². The molecule has 0 bridgehead atoms. The molecule has 1 saturated heterocycles. The summed E-state index contributed by atoms with van der Waals surface area (Å²) in [6.45, 7) is 10.4. The summed E-state index contributed by atoms with van der Waals surface area (Å²) in [6.07, 6.45) is 7.24. The van der Waals surface area contributed by atoms with E-state index in [0.29, 0.717) is 16.3 Å². The lowest BCUT2D eigenvalue weighted by Gasteiger charge is -2.26. The highest BCUT2D eigenvalue weighted by Crippen LogP contribution is 2.31. The van der Waals surface area contributed by atoms with Crippen molar-refractivity contribution in [1.82, 2.24) is 24.3 Å². The minimum absolute atomic E-state index is 0.0479. The van der Waals surface area contributed by atoms with E-state index in [1.807, 2.05) is 41.1 Å². The molecule has 0 aliphatic carbocycles. The summed E-state index contributed by atoms with van der Waals surface area (Å²) in [6, 6.07) is 13.1. The molecule has 42 heavy (non-hydrogen) atoms. The first-order valence-corrected chi connectivity index (χ1v) is 14.8. The van der Waals surface area contributed by atoms with Crippen molar-refractivity contribution in [3.63, 3.8) is 0 Å². The van der Waals surface area contributed by atoms with E-state index in [1.165, 1.54) is 17.4 Å². The van der Waals surface area contributed by atoms with Gasteiger partial charge in [-0.25, -0.2) is 14.4 Å². The summed E-state index contributed by atoms with van der Waals surface area (Å²) in [5.41, 5.74) is 5.61. The quantitative estimate of drug-likeness (QED) is 0.254. The number of fused-ring (bicyclic) bond motifs is 1. The summed E-state index contributed by atoms with van der Waals surface area (Å²) < 4.78 is 22.5. The van der Waals surface area contributed by atoms with E-state index in [9.17, 15) is 4.79 Å². The largest absolute Gasteiger partial charge is 0.379 e. The van der Waals surface area contributed by atoms with Crippen molar-refractivity contribution >= 4 is 28.0 Å². The third-order valence-electron chi connectivity index (χ3n) is 7.34. The Hall–Kier alpha value is -3.99. The second-order valence-electron chi connectivity index (χ2n) is 11.5. The predicted octanol–water partition coefficient (Wildman–Crippen LogP) is 5.97. The number of halogens is 1. The molecule has 1 aliphatic rings. The van der Waals surface area contributed by atoms with Crippen molar-refractivity contribution in [3.8, 4) is 22.4 Å². The number of rotatable bonds is 7. The number of anilines is 1. The van der Waals surface area contributed by atoms with Crippen LogP contribution in [0.15, 0.2) is 67.3 Å². The molecule has 0 atom stereocenters. The van der Waals surface area contributed by atoms with E-state index in [1.54, 1.807) is 18.5 Å². The second-order valence-corrected chi connectivity index (χ2v) is 12.6. The van der Waals surface area contributed by atoms with Gasteiger partial charge in [0.15, 0.2) is 5.13 Å². The van der Waals surface area contributed by atoms with E-state index in [2.05, 4.69) is 52.0 Å². The Morgan fingerprint density at radius 2 is 1.81 bits per heavy atom. The van der Waals surface area contributed by atoms with Gasteiger partial charge in [0.05, 0.1) is 37.2 Å². The molecule has 1 N–H and O–H groups in total. The van der Waals surface area contributed by atoms with Gasteiger partial charge in [0, 0.05) is 48.7 Å². The average Bonchev–Trinajstić information content (AvgIpc) is 3.62. The summed E-state index contributed by atoms with van der Waals surface area (Å²) in [5, 5.41) is 3.32. The van der Waals surface area contributed by atoms with E-state index in [0.717, 1.165) is 65.9 Å². The Labute approximate surface area is 248 Å². The molecule has 0 spiro atoms. The summed E-state index contributed by atoms with van der Waals surface area (Å²) in [7, 11) is 0. The maximum Gasteiger partial charge on any atom is 0.230 e. The zero-order valence-electron chi connectivity index (χ0n) is 23.9. The van der Waals surface area contributed by atoms with Crippen molar-refractivity contribution < 1.29 is 13.9 Å². The molecular formula is C32H33FN6O2S. The van der Waals surface area contributed by atoms with E-state index in [-0.39, 0.29) is 17.7 Å². The Bertz CT molecular complexity index is 1730. The number of morpholine rings is 1.